The number of anilines is 4. The van der Waals surface area contributed by atoms with E-state index in [2.05, 4.69) is 40.9 Å². The van der Waals surface area contributed by atoms with Gasteiger partial charge in [-0.1, -0.05) is 17.7 Å². The molecule has 154 valence electrons. The summed E-state index contributed by atoms with van der Waals surface area (Å²) in [6.45, 7) is 6.58. The summed E-state index contributed by atoms with van der Waals surface area (Å²) in [5, 5.41) is 2.77. The van der Waals surface area contributed by atoms with E-state index >= 15 is 0 Å². The fourth-order valence-electron chi connectivity index (χ4n) is 3.29. The maximum Gasteiger partial charge on any atom is 0.337 e. The van der Waals surface area contributed by atoms with Crippen LogP contribution in [-0.2, 0) is 4.74 Å². The van der Waals surface area contributed by atoms with Gasteiger partial charge in [-0.05, 0) is 31.9 Å². The number of hydrogen-bond donors (Lipinski definition) is 3. The van der Waals surface area contributed by atoms with Crippen LogP contribution in [0.1, 0.15) is 18.4 Å². The second-order valence-electron chi connectivity index (χ2n) is 7.12. The number of benzene rings is 1. The number of rotatable bonds is 5. The Morgan fingerprint density at radius 3 is 2.21 bits per heavy atom. The third kappa shape index (κ3) is 5.02. The van der Waals surface area contributed by atoms with Gasteiger partial charge in [0, 0.05) is 31.9 Å². The topological polar surface area (TPSA) is 108 Å². The molecule has 2 aromatic rings. The summed E-state index contributed by atoms with van der Waals surface area (Å²) >= 11 is 0. The van der Waals surface area contributed by atoms with Crippen molar-refractivity contribution in [2.45, 2.75) is 19.8 Å². The maximum atomic E-state index is 12.2. The molecule has 0 spiro atoms. The highest BCUT2D eigenvalue weighted by atomic mass is 16.5. The van der Waals surface area contributed by atoms with Crippen LogP contribution in [0.2, 0.25) is 0 Å². The monoisotopic (exact) mass is 398 g/mol. The van der Waals surface area contributed by atoms with Crippen LogP contribution in [0.5, 0.6) is 0 Å². The molecular weight excluding hydrogens is 372 g/mol. The SMILES string of the molecule is Cc1ccc(NC(=O)NNc2nc(N3CCCC3)nc(N3CCOCC3)n2)cc1. The highest BCUT2D eigenvalue weighted by molar-refractivity contribution is 5.89. The molecule has 0 bridgehead atoms. The van der Waals surface area contributed by atoms with E-state index in [4.69, 9.17) is 4.74 Å². The van der Waals surface area contributed by atoms with Crippen LogP contribution in [0.15, 0.2) is 24.3 Å². The summed E-state index contributed by atoms with van der Waals surface area (Å²) in [5.74, 6) is 1.53. The number of urea groups is 1. The number of hydrazine groups is 1. The van der Waals surface area contributed by atoms with E-state index in [1.54, 1.807) is 0 Å². The zero-order valence-electron chi connectivity index (χ0n) is 16.5. The smallest absolute Gasteiger partial charge is 0.337 e. The van der Waals surface area contributed by atoms with Gasteiger partial charge in [0.1, 0.15) is 0 Å². The van der Waals surface area contributed by atoms with Gasteiger partial charge in [-0.15, -0.1) is 0 Å². The molecule has 3 heterocycles. The molecular formula is C19H26N8O2. The molecule has 2 amide bonds. The van der Waals surface area contributed by atoms with Crippen molar-refractivity contribution in [2.24, 2.45) is 0 Å². The third-order valence-corrected chi connectivity index (χ3v) is 4.89. The summed E-state index contributed by atoms with van der Waals surface area (Å²) in [7, 11) is 0. The summed E-state index contributed by atoms with van der Waals surface area (Å²) < 4.78 is 5.42. The number of nitrogens with one attached hydrogen (secondary N) is 3. The molecule has 0 aliphatic carbocycles. The molecule has 4 rings (SSSR count). The van der Waals surface area contributed by atoms with Crippen molar-refractivity contribution in [3.8, 4) is 0 Å². The van der Waals surface area contributed by atoms with Crippen LogP contribution in [0.4, 0.5) is 28.3 Å². The Morgan fingerprint density at radius 2 is 1.55 bits per heavy atom. The number of hydrogen-bond acceptors (Lipinski definition) is 8. The Hall–Kier alpha value is -3.14. The minimum atomic E-state index is -0.398. The second-order valence-corrected chi connectivity index (χ2v) is 7.12. The highest BCUT2D eigenvalue weighted by Crippen LogP contribution is 2.20. The second kappa shape index (κ2) is 8.91. The first-order valence-electron chi connectivity index (χ1n) is 9.91. The number of carbonyl (C=O) groups is 1. The normalized spacial score (nSPS) is 16.6. The number of aromatic nitrogens is 3. The number of nitrogens with zero attached hydrogens (tertiary/aromatic N) is 5. The van der Waals surface area contributed by atoms with Gasteiger partial charge in [0.15, 0.2) is 0 Å². The predicted octanol–water partition coefficient (Wildman–Crippen LogP) is 1.77. The van der Waals surface area contributed by atoms with E-state index in [1.807, 2.05) is 31.2 Å². The number of carbonyl (C=O) groups excluding carboxylic acids is 1. The van der Waals surface area contributed by atoms with E-state index in [0.717, 1.165) is 44.6 Å². The molecule has 10 nitrogen and oxygen atoms in total. The fraction of sp³-hybridized carbons (Fsp3) is 0.474. The molecule has 29 heavy (non-hydrogen) atoms. The van der Waals surface area contributed by atoms with E-state index < -0.39 is 6.03 Å². The van der Waals surface area contributed by atoms with E-state index in [-0.39, 0.29) is 0 Å². The van der Waals surface area contributed by atoms with Crippen molar-refractivity contribution in [3.63, 3.8) is 0 Å². The lowest BCUT2D eigenvalue weighted by Gasteiger charge is -2.28. The molecule has 1 aromatic heterocycles. The highest BCUT2D eigenvalue weighted by Gasteiger charge is 2.21. The summed E-state index contributed by atoms with van der Waals surface area (Å²) in [6.07, 6.45) is 2.25. The standard InChI is InChI=1S/C19H26N8O2/c1-14-4-6-15(7-5-14)20-19(28)25-24-16-21-17(26-8-2-3-9-26)23-18(22-16)27-10-12-29-13-11-27/h4-7H,2-3,8-13H2,1H3,(H2,20,25,28)(H,21,22,23,24). The maximum absolute atomic E-state index is 12.2. The van der Waals surface area contributed by atoms with Crippen molar-refractivity contribution >= 4 is 29.6 Å². The van der Waals surface area contributed by atoms with E-state index in [1.165, 1.54) is 0 Å². The van der Waals surface area contributed by atoms with Crippen LogP contribution < -0.4 is 26.0 Å². The quantitative estimate of drug-likeness (QED) is 0.654. The van der Waals surface area contributed by atoms with Crippen molar-refractivity contribution in [3.05, 3.63) is 29.8 Å². The number of ether oxygens (including phenoxy) is 1. The first-order chi connectivity index (χ1) is 14.2. The molecule has 0 unspecified atom stereocenters. The molecule has 2 fully saturated rings. The Morgan fingerprint density at radius 1 is 0.931 bits per heavy atom. The molecule has 0 atom stereocenters. The minimum absolute atomic E-state index is 0.308. The van der Waals surface area contributed by atoms with E-state index in [9.17, 15) is 4.79 Å². The summed E-state index contributed by atoms with van der Waals surface area (Å²) in [5.41, 5.74) is 7.24. The molecule has 0 saturated carbocycles. The van der Waals surface area contributed by atoms with Gasteiger partial charge in [-0.3, -0.25) is 5.43 Å². The van der Waals surface area contributed by atoms with E-state index in [0.29, 0.717) is 36.7 Å². The molecule has 2 aliphatic heterocycles. The first kappa shape index (κ1) is 19.2. The Kier molecular flexibility index (Phi) is 5.89. The minimum Gasteiger partial charge on any atom is -0.378 e. The Balaban J connectivity index is 1.45. The number of aryl methyl sites for hydroxylation is 1. The summed E-state index contributed by atoms with van der Waals surface area (Å²) in [6, 6.07) is 7.17. The van der Waals surface area contributed by atoms with Gasteiger partial charge in [-0.25, -0.2) is 10.2 Å². The average molecular weight is 398 g/mol. The molecule has 3 N–H and O–H groups in total. The predicted molar refractivity (Wildman–Crippen MR) is 111 cm³/mol. The van der Waals surface area contributed by atoms with Crippen molar-refractivity contribution in [2.75, 3.05) is 59.9 Å². The third-order valence-electron chi connectivity index (χ3n) is 4.89. The average Bonchev–Trinajstić information content (AvgIpc) is 3.29. The summed E-state index contributed by atoms with van der Waals surface area (Å²) in [4.78, 5) is 30.0. The molecule has 10 heteroatoms. The Bertz CT molecular complexity index is 833. The van der Waals surface area contributed by atoms with Crippen LogP contribution in [0.25, 0.3) is 0 Å². The Labute approximate surface area is 169 Å². The van der Waals surface area contributed by atoms with Crippen LogP contribution in [-0.4, -0.2) is 60.4 Å². The lowest BCUT2D eigenvalue weighted by atomic mass is 10.2. The van der Waals surface area contributed by atoms with Gasteiger partial charge >= 0.3 is 6.03 Å². The molecule has 0 radical (unpaired) electrons. The van der Waals surface area contributed by atoms with Crippen molar-refractivity contribution < 1.29 is 9.53 Å². The molecule has 1 aromatic carbocycles. The zero-order valence-corrected chi connectivity index (χ0v) is 16.5. The van der Waals surface area contributed by atoms with Crippen LogP contribution >= 0.6 is 0 Å². The van der Waals surface area contributed by atoms with Crippen LogP contribution in [0.3, 0.4) is 0 Å². The van der Waals surface area contributed by atoms with Gasteiger partial charge < -0.3 is 19.9 Å². The van der Waals surface area contributed by atoms with Gasteiger partial charge in [0.25, 0.3) is 0 Å². The van der Waals surface area contributed by atoms with Crippen molar-refractivity contribution in [1.82, 2.24) is 20.4 Å². The lowest BCUT2D eigenvalue weighted by molar-refractivity contribution is 0.122. The fourth-order valence-corrected chi connectivity index (χ4v) is 3.29. The van der Waals surface area contributed by atoms with Gasteiger partial charge in [0.2, 0.25) is 17.8 Å². The van der Waals surface area contributed by atoms with Gasteiger partial charge in [-0.2, -0.15) is 15.0 Å². The largest absolute Gasteiger partial charge is 0.378 e. The molecule has 2 saturated heterocycles. The van der Waals surface area contributed by atoms with Crippen LogP contribution in [0, 0.1) is 6.92 Å². The number of amides is 2. The molecule has 2 aliphatic rings. The lowest BCUT2D eigenvalue weighted by Crippen LogP contribution is -2.39. The zero-order chi connectivity index (χ0) is 20.1. The first-order valence-corrected chi connectivity index (χ1v) is 9.91. The number of morpholine rings is 1. The van der Waals surface area contributed by atoms with Gasteiger partial charge in [0.05, 0.1) is 13.2 Å². The van der Waals surface area contributed by atoms with Crippen molar-refractivity contribution in [1.29, 1.82) is 0 Å².